The van der Waals surface area contributed by atoms with E-state index in [4.69, 9.17) is 0 Å². The summed E-state index contributed by atoms with van der Waals surface area (Å²) in [7, 11) is 0.0566. The molecule has 118 valence electrons. The van der Waals surface area contributed by atoms with Gasteiger partial charge in [0.25, 0.3) is 0 Å². The molecule has 0 spiro atoms. The van der Waals surface area contributed by atoms with Crippen LogP contribution in [0, 0.1) is 5.82 Å². The van der Waals surface area contributed by atoms with E-state index in [1.165, 1.54) is 0 Å². The summed E-state index contributed by atoms with van der Waals surface area (Å²) in [4.78, 5) is 13.4. The summed E-state index contributed by atoms with van der Waals surface area (Å²) >= 11 is 0. The molecule has 0 atom stereocenters. The fourth-order valence-electron chi connectivity index (χ4n) is 1.54. The van der Waals surface area contributed by atoms with E-state index in [0.717, 1.165) is 37.2 Å². The molecule has 0 bridgehead atoms. The zero-order chi connectivity index (χ0) is 15.9. The quantitative estimate of drug-likeness (QED) is 0.670. The van der Waals surface area contributed by atoms with Crippen LogP contribution < -0.4 is 10.0 Å². The molecule has 2 N–H and O–H groups in total. The molecule has 1 aromatic rings. The number of sulfonamides is 1. The van der Waals surface area contributed by atoms with Crippen molar-refractivity contribution in [3.63, 3.8) is 0 Å². The Morgan fingerprint density at radius 2 is 1.86 bits per heavy atom. The lowest BCUT2D eigenvalue weighted by Gasteiger charge is -2.10. The van der Waals surface area contributed by atoms with E-state index in [2.05, 4.69) is 10.0 Å². The number of halogens is 1. The highest BCUT2D eigenvalue weighted by molar-refractivity contribution is 7.89. The first kappa shape index (κ1) is 17.5. The second-order valence-electron chi connectivity index (χ2n) is 4.79. The van der Waals surface area contributed by atoms with Crippen molar-refractivity contribution in [3.8, 4) is 0 Å². The maximum absolute atomic E-state index is 12.7. The zero-order valence-corrected chi connectivity index (χ0v) is 12.9. The average molecular weight is 317 g/mol. The van der Waals surface area contributed by atoms with Gasteiger partial charge in [-0.25, -0.2) is 17.5 Å². The molecule has 0 heterocycles. The summed E-state index contributed by atoms with van der Waals surface area (Å²) in [6.45, 7) is 0.971. The fourth-order valence-corrected chi connectivity index (χ4v) is 2.53. The molecular weight excluding hydrogens is 297 g/mol. The molecule has 0 aliphatic carbocycles. The molecule has 21 heavy (non-hydrogen) atoms. The van der Waals surface area contributed by atoms with Gasteiger partial charge < -0.3 is 10.2 Å². The molecule has 0 aliphatic rings. The maximum atomic E-state index is 12.7. The molecule has 8 heteroatoms. The second kappa shape index (κ2) is 8.06. The number of rotatable bonds is 8. The lowest BCUT2D eigenvalue weighted by atomic mass is 10.4. The van der Waals surface area contributed by atoms with Gasteiger partial charge in [-0.3, -0.25) is 4.79 Å². The first-order valence-corrected chi connectivity index (χ1v) is 7.96. The molecular formula is C13H20FN3O3S. The molecule has 0 radical (unpaired) electrons. The topological polar surface area (TPSA) is 78.5 Å². The molecule has 0 unspecified atom stereocenters. The van der Waals surface area contributed by atoms with Crippen LogP contribution in [0.25, 0.3) is 0 Å². The monoisotopic (exact) mass is 317 g/mol. The Hall–Kier alpha value is -1.51. The standard InChI is InChI=1S/C13H20FN3O3S/c1-17(2)9-3-8-15-13(18)10-16-21(19,20)12-6-4-11(14)5-7-12/h4-7,16H,3,8-10H2,1-2H3,(H,15,18). The van der Waals surface area contributed by atoms with Gasteiger partial charge in [0.1, 0.15) is 5.82 Å². The van der Waals surface area contributed by atoms with Crippen LogP contribution in [0.2, 0.25) is 0 Å². The van der Waals surface area contributed by atoms with Gasteiger partial charge in [-0.15, -0.1) is 0 Å². The number of carbonyl (C=O) groups is 1. The Labute approximate surface area is 124 Å². The molecule has 0 saturated carbocycles. The Balaban J connectivity index is 2.39. The van der Waals surface area contributed by atoms with E-state index in [-0.39, 0.29) is 11.4 Å². The van der Waals surface area contributed by atoms with E-state index in [9.17, 15) is 17.6 Å². The molecule has 1 rings (SSSR count). The predicted octanol–water partition coefficient (Wildman–Crippen LogP) is 0.172. The van der Waals surface area contributed by atoms with Crippen molar-refractivity contribution in [3.05, 3.63) is 30.1 Å². The average Bonchev–Trinajstić information content (AvgIpc) is 2.42. The van der Waals surface area contributed by atoms with Crippen molar-refractivity contribution in [2.75, 3.05) is 33.7 Å². The van der Waals surface area contributed by atoms with Gasteiger partial charge in [0, 0.05) is 6.54 Å². The lowest BCUT2D eigenvalue weighted by Crippen LogP contribution is -2.37. The third-order valence-electron chi connectivity index (χ3n) is 2.65. The van der Waals surface area contributed by atoms with Crippen LogP contribution >= 0.6 is 0 Å². The normalized spacial score (nSPS) is 11.6. The highest BCUT2D eigenvalue weighted by Gasteiger charge is 2.15. The van der Waals surface area contributed by atoms with Crippen molar-refractivity contribution in [1.29, 1.82) is 0 Å². The van der Waals surface area contributed by atoms with Gasteiger partial charge in [0.05, 0.1) is 11.4 Å². The minimum atomic E-state index is -3.80. The number of nitrogens with one attached hydrogen (secondary N) is 2. The highest BCUT2D eigenvalue weighted by Crippen LogP contribution is 2.08. The number of hydrogen-bond donors (Lipinski definition) is 2. The molecule has 1 aromatic carbocycles. The summed E-state index contributed by atoms with van der Waals surface area (Å²) in [5.41, 5.74) is 0. The Morgan fingerprint density at radius 1 is 1.24 bits per heavy atom. The number of benzene rings is 1. The predicted molar refractivity (Wildman–Crippen MR) is 77.8 cm³/mol. The van der Waals surface area contributed by atoms with Crippen LogP contribution in [-0.4, -0.2) is 53.0 Å². The number of amides is 1. The van der Waals surface area contributed by atoms with Gasteiger partial charge in [0.2, 0.25) is 15.9 Å². The smallest absolute Gasteiger partial charge is 0.241 e. The molecule has 0 aliphatic heterocycles. The van der Waals surface area contributed by atoms with Crippen LogP contribution in [0.1, 0.15) is 6.42 Å². The van der Waals surface area contributed by atoms with Crippen LogP contribution in [-0.2, 0) is 14.8 Å². The summed E-state index contributed by atoms with van der Waals surface area (Å²) in [6.07, 6.45) is 0.781. The molecule has 0 aromatic heterocycles. The molecule has 0 fully saturated rings. The van der Waals surface area contributed by atoms with Gasteiger partial charge >= 0.3 is 0 Å². The first-order chi connectivity index (χ1) is 9.81. The van der Waals surface area contributed by atoms with Gasteiger partial charge in [0.15, 0.2) is 0 Å². The lowest BCUT2D eigenvalue weighted by molar-refractivity contribution is -0.119. The molecule has 0 saturated heterocycles. The summed E-state index contributed by atoms with van der Waals surface area (Å²) in [6, 6.07) is 4.39. The fraction of sp³-hybridized carbons (Fsp3) is 0.462. The molecule has 1 amide bonds. The third-order valence-corrected chi connectivity index (χ3v) is 4.07. The van der Waals surface area contributed by atoms with Gasteiger partial charge in [-0.2, -0.15) is 0 Å². The van der Waals surface area contributed by atoms with Crippen LogP contribution in [0.5, 0.6) is 0 Å². The Kier molecular flexibility index (Phi) is 6.73. The number of hydrogen-bond acceptors (Lipinski definition) is 4. The zero-order valence-electron chi connectivity index (χ0n) is 12.1. The Bertz CT molecular complexity index is 559. The van der Waals surface area contributed by atoms with Crippen molar-refractivity contribution in [2.45, 2.75) is 11.3 Å². The second-order valence-corrected chi connectivity index (χ2v) is 6.55. The summed E-state index contributed by atoms with van der Waals surface area (Å²) in [5, 5.41) is 2.62. The van der Waals surface area contributed by atoms with E-state index >= 15 is 0 Å². The SMILES string of the molecule is CN(C)CCCNC(=O)CNS(=O)(=O)c1ccc(F)cc1. The first-order valence-electron chi connectivity index (χ1n) is 6.48. The van der Waals surface area contributed by atoms with Gasteiger partial charge in [-0.1, -0.05) is 0 Å². The van der Waals surface area contributed by atoms with Crippen molar-refractivity contribution in [2.24, 2.45) is 0 Å². The van der Waals surface area contributed by atoms with E-state index in [1.807, 2.05) is 19.0 Å². The minimum Gasteiger partial charge on any atom is -0.355 e. The van der Waals surface area contributed by atoms with Crippen LogP contribution in [0.4, 0.5) is 4.39 Å². The maximum Gasteiger partial charge on any atom is 0.241 e. The Morgan fingerprint density at radius 3 is 2.43 bits per heavy atom. The van der Waals surface area contributed by atoms with Crippen molar-refractivity contribution in [1.82, 2.24) is 14.9 Å². The number of nitrogens with zero attached hydrogens (tertiary/aromatic N) is 1. The van der Waals surface area contributed by atoms with Crippen molar-refractivity contribution >= 4 is 15.9 Å². The van der Waals surface area contributed by atoms with E-state index < -0.39 is 21.7 Å². The van der Waals surface area contributed by atoms with E-state index in [1.54, 1.807) is 0 Å². The summed E-state index contributed by atoms with van der Waals surface area (Å²) < 4.78 is 38.6. The number of carbonyl (C=O) groups excluding carboxylic acids is 1. The van der Waals surface area contributed by atoms with Gasteiger partial charge in [-0.05, 0) is 51.3 Å². The summed E-state index contributed by atoms with van der Waals surface area (Å²) in [5.74, 6) is -0.924. The molecule has 6 nitrogen and oxygen atoms in total. The van der Waals surface area contributed by atoms with Crippen LogP contribution in [0.15, 0.2) is 29.2 Å². The minimum absolute atomic E-state index is 0.0793. The van der Waals surface area contributed by atoms with Crippen molar-refractivity contribution < 1.29 is 17.6 Å². The largest absolute Gasteiger partial charge is 0.355 e. The van der Waals surface area contributed by atoms with Crippen LogP contribution in [0.3, 0.4) is 0 Å². The van der Waals surface area contributed by atoms with E-state index in [0.29, 0.717) is 6.54 Å². The highest BCUT2D eigenvalue weighted by atomic mass is 32.2. The third kappa shape index (κ3) is 6.65.